The van der Waals surface area contributed by atoms with E-state index in [1.54, 1.807) is 5.56 Å². The lowest BCUT2D eigenvalue weighted by atomic mass is 9.95. The summed E-state index contributed by atoms with van der Waals surface area (Å²) in [7, 11) is 0. The first-order chi connectivity index (χ1) is 14.5. The van der Waals surface area contributed by atoms with Gasteiger partial charge in [0.25, 0.3) is 0 Å². The van der Waals surface area contributed by atoms with Crippen molar-refractivity contribution < 1.29 is 9.47 Å². The van der Waals surface area contributed by atoms with Gasteiger partial charge in [0.15, 0.2) is 6.29 Å². The van der Waals surface area contributed by atoms with Gasteiger partial charge in [-0.05, 0) is 112 Å². The molecule has 0 fully saturated rings. The lowest BCUT2D eigenvalue weighted by molar-refractivity contribution is -0.146. The summed E-state index contributed by atoms with van der Waals surface area (Å²) in [5.74, 6) is 0. The Hall–Kier alpha value is 0.0400. The summed E-state index contributed by atoms with van der Waals surface area (Å²) < 4.78 is 11.6. The highest BCUT2D eigenvalue weighted by Gasteiger charge is 2.09. The second kappa shape index (κ2) is 17.6. The van der Waals surface area contributed by atoms with Crippen LogP contribution in [0.15, 0.2) is 18.2 Å². The Balaban J connectivity index is 2.20. The van der Waals surface area contributed by atoms with Crippen molar-refractivity contribution >= 4 is 33.6 Å². The van der Waals surface area contributed by atoms with Crippen LogP contribution in [0.3, 0.4) is 0 Å². The maximum Gasteiger partial charge on any atom is 0.157 e. The van der Waals surface area contributed by atoms with Gasteiger partial charge in [-0.25, -0.2) is 0 Å². The molecular weight excluding hydrogens is 502 g/mol. The van der Waals surface area contributed by atoms with Gasteiger partial charge in [0.1, 0.15) is 0 Å². The summed E-state index contributed by atoms with van der Waals surface area (Å²) in [6.07, 6.45) is 17.3. The molecule has 30 heavy (non-hydrogen) atoms. The highest BCUT2D eigenvalue weighted by atomic mass is 127. The van der Waals surface area contributed by atoms with Crippen molar-refractivity contribution in [1.29, 1.82) is 0 Å². The second-order valence-corrected chi connectivity index (χ2v) is 10.6. The number of unbranched alkanes of at least 4 members (excludes halogenated alkanes) is 4. The van der Waals surface area contributed by atoms with Gasteiger partial charge in [0.05, 0.1) is 0 Å². The zero-order chi connectivity index (χ0) is 22.2. The second-order valence-electron chi connectivity index (χ2n) is 8.23. The minimum absolute atomic E-state index is 0.00237. The molecule has 1 atom stereocenters. The van der Waals surface area contributed by atoms with Gasteiger partial charge < -0.3 is 9.47 Å². The van der Waals surface area contributed by atoms with Gasteiger partial charge in [0.2, 0.25) is 0 Å². The zero-order valence-electron chi connectivity index (χ0n) is 20.0. The maximum atomic E-state index is 5.80. The number of hydrogen-bond donors (Lipinski definition) is 0. The lowest BCUT2D eigenvalue weighted by Crippen LogP contribution is -2.18. The molecule has 0 saturated carbocycles. The Labute approximate surface area is 201 Å². The third-order valence-corrected chi connectivity index (χ3v) is 8.21. The molecule has 0 aliphatic carbocycles. The molecule has 0 radical (unpaired) electrons. The van der Waals surface area contributed by atoms with Gasteiger partial charge in [0, 0.05) is 13.2 Å². The van der Waals surface area contributed by atoms with Crippen molar-refractivity contribution in [3.63, 3.8) is 0 Å². The Kier molecular flexibility index (Phi) is 16.4. The molecule has 4 heteroatoms. The monoisotopic (exact) mass is 546 g/mol. The van der Waals surface area contributed by atoms with Crippen LogP contribution < -0.4 is 5.30 Å². The van der Waals surface area contributed by atoms with Crippen LogP contribution in [-0.2, 0) is 15.9 Å². The topological polar surface area (TPSA) is 18.5 Å². The number of hydrogen-bond acceptors (Lipinski definition) is 2. The number of benzene rings is 1. The van der Waals surface area contributed by atoms with Gasteiger partial charge >= 0.3 is 0 Å². The number of allylic oxidation sites excluding steroid dienone is 2. The van der Waals surface area contributed by atoms with Gasteiger partial charge in [-0.15, -0.1) is 0 Å². The fourth-order valence-corrected chi connectivity index (χ4v) is 5.82. The highest BCUT2D eigenvalue weighted by Crippen LogP contribution is 2.27. The van der Waals surface area contributed by atoms with Crippen LogP contribution in [-0.4, -0.2) is 19.5 Å². The first kappa shape index (κ1) is 28.1. The molecule has 0 aromatic heterocycles. The quantitative estimate of drug-likeness (QED) is 0.0644. The minimum Gasteiger partial charge on any atom is -0.353 e. The molecule has 172 valence electrons. The van der Waals surface area contributed by atoms with Crippen molar-refractivity contribution in [2.45, 2.75) is 105 Å². The molecule has 0 aliphatic rings. The predicted octanol–water partition coefficient (Wildman–Crippen LogP) is 8.27. The maximum absolute atomic E-state index is 5.80. The molecular formula is C26H44IO2P. The van der Waals surface area contributed by atoms with Crippen molar-refractivity contribution in [2.24, 2.45) is 0 Å². The molecule has 0 saturated heterocycles. The number of ether oxygens (including phenoxy) is 2. The fraction of sp³-hybridized carbons (Fsp3) is 0.692. The molecule has 2 nitrogen and oxygen atoms in total. The van der Waals surface area contributed by atoms with Crippen LogP contribution in [0.5, 0.6) is 0 Å². The molecule has 0 amide bonds. The van der Waals surface area contributed by atoms with E-state index >= 15 is 0 Å². The molecule has 0 spiro atoms. The summed E-state index contributed by atoms with van der Waals surface area (Å²) >= 11 is 2.51. The van der Waals surface area contributed by atoms with Crippen LogP contribution in [0.25, 0.3) is 0 Å². The van der Waals surface area contributed by atoms with Crippen molar-refractivity contribution in [3.8, 4) is 0 Å². The fourth-order valence-electron chi connectivity index (χ4n) is 3.58. The van der Waals surface area contributed by atoms with Gasteiger partial charge in [-0.2, -0.15) is 0 Å². The van der Waals surface area contributed by atoms with Crippen LogP contribution >= 0.6 is 28.3 Å². The van der Waals surface area contributed by atoms with E-state index in [-0.39, 0.29) is 6.29 Å². The molecule has 0 bridgehead atoms. The third kappa shape index (κ3) is 11.1. The first-order valence-electron chi connectivity index (χ1n) is 11.9. The lowest BCUT2D eigenvalue weighted by Gasteiger charge is -2.17. The average Bonchev–Trinajstić information content (AvgIpc) is 2.76. The van der Waals surface area contributed by atoms with E-state index in [2.05, 4.69) is 74.9 Å². The Morgan fingerprint density at radius 1 is 0.867 bits per heavy atom. The molecule has 1 rings (SSSR count). The summed E-state index contributed by atoms with van der Waals surface area (Å²) in [5.41, 5.74) is 6.03. The van der Waals surface area contributed by atoms with E-state index in [9.17, 15) is 0 Å². The number of rotatable bonds is 17. The smallest absolute Gasteiger partial charge is 0.157 e. The third-order valence-electron chi connectivity index (χ3n) is 5.74. The predicted molar refractivity (Wildman–Crippen MR) is 144 cm³/mol. The minimum atomic E-state index is 0.00237. The first-order valence-corrected chi connectivity index (χ1v) is 16.0. The summed E-state index contributed by atoms with van der Waals surface area (Å²) in [4.78, 5) is 0. The van der Waals surface area contributed by atoms with Gasteiger partial charge in [-0.1, -0.05) is 60.5 Å². The SMILES string of the molecule is CCCOC(CCCCC/C=C/CCCc1cc(PI)c(C)c(C)c1C)OCCC. The molecule has 1 unspecified atom stereocenters. The van der Waals surface area contributed by atoms with Crippen molar-refractivity contribution in [1.82, 2.24) is 0 Å². The van der Waals surface area contributed by atoms with Crippen LogP contribution in [0.2, 0.25) is 0 Å². The molecule has 0 N–H and O–H groups in total. The summed E-state index contributed by atoms with van der Waals surface area (Å²) in [5, 5.41) is 1.53. The Morgan fingerprint density at radius 2 is 1.50 bits per heavy atom. The van der Waals surface area contributed by atoms with E-state index in [1.807, 2.05) is 0 Å². The summed E-state index contributed by atoms with van der Waals surface area (Å²) in [6, 6.07) is 2.45. The highest BCUT2D eigenvalue weighted by molar-refractivity contribution is 14.2. The largest absolute Gasteiger partial charge is 0.353 e. The normalized spacial score (nSPS) is 12.2. The molecule has 0 heterocycles. The van der Waals surface area contributed by atoms with E-state index in [0.717, 1.165) is 38.7 Å². The number of aryl methyl sites for hydroxylation is 1. The van der Waals surface area contributed by atoms with Crippen molar-refractivity contribution in [3.05, 3.63) is 40.5 Å². The molecule has 1 aromatic rings. The van der Waals surface area contributed by atoms with E-state index in [4.69, 9.17) is 9.47 Å². The van der Waals surface area contributed by atoms with E-state index < -0.39 is 0 Å². The van der Waals surface area contributed by atoms with Crippen LogP contribution in [0, 0.1) is 20.8 Å². The van der Waals surface area contributed by atoms with Crippen molar-refractivity contribution in [2.75, 3.05) is 13.2 Å². The van der Waals surface area contributed by atoms with Crippen LogP contribution in [0.4, 0.5) is 0 Å². The zero-order valence-corrected chi connectivity index (χ0v) is 23.1. The van der Waals surface area contributed by atoms with E-state index in [0.29, 0.717) is 0 Å². The standard InChI is InChI=1S/C26H44IO2P/c1-6-18-28-26(29-19-7-2)17-15-13-11-9-8-10-12-14-16-24-20-25(30-27)23(5)21(3)22(24)4/h8,10,20,26,30H,6-7,9,11-19H2,1-5H3/b10-8+. The molecule has 1 aromatic carbocycles. The molecule has 0 aliphatic heterocycles. The van der Waals surface area contributed by atoms with E-state index in [1.165, 1.54) is 66.9 Å². The summed E-state index contributed by atoms with van der Waals surface area (Å²) in [6.45, 7) is 12.7. The Bertz CT molecular complexity index is 608. The Morgan fingerprint density at radius 3 is 2.10 bits per heavy atom. The average molecular weight is 547 g/mol. The van der Waals surface area contributed by atoms with Crippen LogP contribution in [0.1, 0.15) is 93.9 Å². The number of halogens is 1. The van der Waals surface area contributed by atoms with Gasteiger partial charge in [-0.3, -0.25) is 0 Å².